The second kappa shape index (κ2) is 11.6. The second-order valence-corrected chi connectivity index (χ2v) is 6.77. The number of amides is 1. The summed E-state index contributed by atoms with van der Waals surface area (Å²) >= 11 is 0. The molecule has 1 amide bonds. The number of carbonyl (C=O) groups excluding carboxylic acids is 3. The van der Waals surface area contributed by atoms with Gasteiger partial charge < -0.3 is 24.6 Å². The van der Waals surface area contributed by atoms with E-state index >= 15 is 0 Å². The van der Waals surface area contributed by atoms with Gasteiger partial charge in [0.2, 0.25) is 0 Å². The fourth-order valence-corrected chi connectivity index (χ4v) is 2.90. The summed E-state index contributed by atoms with van der Waals surface area (Å²) in [5.74, 6) is -0.980. The van der Waals surface area contributed by atoms with Gasteiger partial charge in [0.15, 0.2) is 5.78 Å². The molecule has 0 aliphatic carbocycles. The third-order valence-electron chi connectivity index (χ3n) is 4.40. The molecule has 0 saturated heterocycles. The highest BCUT2D eigenvalue weighted by molar-refractivity contribution is 6.37. The predicted octanol–water partition coefficient (Wildman–Crippen LogP) is 3.51. The Bertz CT molecular complexity index is 940. The number of benzene rings is 2. The van der Waals surface area contributed by atoms with Crippen molar-refractivity contribution in [3.63, 3.8) is 0 Å². The largest absolute Gasteiger partial charge is 0.507 e. The van der Waals surface area contributed by atoms with E-state index in [0.717, 1.165) is 13.5 Å². The van der Waals surface area contributed by atoms with Gasteiger partial charge in [-0.3, -0.25) is 9.59 Å². The minimum atomic E-state index is -0.978. The summed E-state index contributed by atoms with van der Waals surface area (Å²) in [5.41, 5.74) is 1.33. The highest BCUT2D eigenvalue weighted by atomic mass is 16.5. The lowest BCUT2D eigenvalue weighted by Crippen LogP contribution is -2.23. The summed E-state index contributed by atoms with van der Waals surface area (Å²) in [6, 6.07) is 9.91. The molecular formula is C23H27NO7. The number of hydrogen-bond acceptors (Lipinski definition) is 7. The molecule has 0 aromatic heterocycles. The van der Waals surface area contributed by atoms with Crippen LogP contribution >= 0.6 is 0 Å². The summed E-state index contributed by atoms with van der Waals surface area (Å²) in [6.45, 7) is 4.11. The Morgan fingerprint density at radius 3 is 2.48 bits per heavy atom. The molecule has 8 nitrogen and oxygen atoms in total. The first kappa shape index (κ1) is 23.7. The molecule has 0 radical (unpaired) electrons. The predicted molar refractivity (Wildman–Crippen MR) is 115 cm³/mol. The fourth-order valence-electron chi connectivity index (χ4n) is 2.90. The Morgan fingerprint density at radius 1 is 1.06 bits per heavy atom. The Kier molecular flexibility index (Phi) is 8.87. The zero-order valence-corrected chi connectivity index (χ0v) is 17.9. The first-order chi connectivity index (χ1) is 14.9. The molecule has 8 heteroatoms. The highest BCUT2D eigenvalue weighted by Crippen LogP contribution is 2.33. The maximum atomic E-state index is 11.6. The third-order valence-corrected chi connectivity index (χ3v) is 4.40. The summed E-state index contributed by atoms with van der Waals surface area (Å²) in [6.07, 6.45) is 1.97. The van der Waals surface area contributed by atoms with Crippen LogP contribution in [0.2, 0.25) is 0 Å². The molecule has 0 heterocycles. The van der Waals surface area contributed by atoms with Crippen molar-refractivity contribution in [2.75, 3.05) is 25.6 Å². The third kappa shape index (κ3) is 6.74. The van der Waals surface area contributed by atoms with Crippen molar-refractivity contribution >= 4 is 23.3 Å². The lowest BCUT2D eigenvalue weighted by molar-refractivity contribution is -0.150. The average Bonchev–Trinajstić information content (AvgIpc) is 2.75. The molecule has 0 atom stereocenters. The van der Waals surface area contributed by atoms with Crippen molar-refractivity contribution in [2.24, 2.45) is 0 Å². The number of esters is 1. The molecule has 2 aromatic rings. The minimum absolute atomic E-state index is 0.0195. The monoisotopic (exact) mass is 429 g/mol. The van der Waals surface area contributed by atoms with E-state index in [-0.39, 0.29) is 11.5 Å². The van der Waals surface area contributed by atoms with Crippen LogP contribution in [0.3, 0.4) is 0 Å². The Morgan fingerprint density at radius 2 is 1.81 bits per heavy atom. The zero-order chi connectivity index (χ0) is 22.8. The molecule has 0 aliphatic rings. The molecule has 0 spiro atoms. The van der Waals surface area contributed by atoms with Gasteiger partial charge in [-0.1, -0.05) is 19.4 Å². The molecule has 166 valence electrons. The molecular weight excluding hydrogens is 402 g/mol. The van der Waals surface area contributed by atoms with Crippen LogP contribution < -0.4 is 14.8 Å². The number of phenolic OH excluding ortho intramolecular Hbond substituents is 1. The van der Waals surface area contributed by atoms with Gasteiger partial charge in [-0.25, -0.2) is 4.79 Å². The zero-order valence-electron chi connectivity index (χ0n) is 17.9. The number of hydrogen-bond donors (Lipinski definition) is 2. The van der Waals surface area contributed by atoms with E-state index in [1.165, 1.54) is 6.92 Å². The van der Waals surface area contributed by atoms with Gasteiger partial charge in [0.25, 0.3) is 0 Å². The number of Topliss-reactive ketones (excluding diaryl/α,β-unsaturated/α-hetero) is 1. The van der Waals surface area contributed by atoms with Crippen LogP contribution in [-0.2, 0) is 20.7 Å². The van der Waals surface area contributed by atoms with Crippen LogP contribution in [0, 0.1) is 0 Å². The SMILES string of the molecule is CCCc1c(OCCCOc2cccc(NC(=O)C(=O)OC)c2)ccc(C(C)=O)c1O. The number of carbonyl (C=O) groups is 3. The number of ketones is 1. The van der Waals surface area contributed by atoms with Gasteiger partial charge in [0.05, 0.1) is 25.9 Å². The Labute approximate surface area is 181 Å². The van der Waals surface area contributed by atoms with Gasteiger partial charge in [0, 0.05) is 23.7 Å². The van der Waals surface area contributed by atoms with Crippen LogP contribution in [0.1, 0.15) is 42.6 Å². The van der Waals surface area contributed by atoms with Gasteiger partial charge in [-0.2, -0.15) is 0 Å². The molecule has 0 bridgehead atoms. The molecule has 31 heavy (non-hydrogen) atoms. The van der Waals surface area contributed by atoms with Crippen LogP contribution in [0.15, 0.2) is 36.4 Å². The number of anilines is 1. The molecule has 0 unspecified atom stereocenters. The number of methoxy groups -OCH3 is 1. The standard InChI is InChI=1S/C23H27NO7/c1-4-7-19-20(11-10-18(15(2)25)21(19)26)31-13-6-12-30-17-9-5-8-16(14-17)24-22(27)23(28)29-3/h5,8-11,14,26H,4,6-7,12-13H2,1-3H3,(H,24,27). The van der Waals surface area contributed by atoms with Crippen LogP contribution in [0.5, 0.6) is 17.2 Å². The van der Waals surface area contributed by atoms with Crippen LogP contribution in [-0.4, -0.2) is 43.1 Å². The highest BCUT2D eigenvalue weighted by Gasteiger charge is 2.16. The van der Waals surface area contributed by atoms with E-state index in [1.807, 2.05) is 6.92 Å². The Hall–Kier alpha value is -3.55. The fraction of sp³-hybridized carbons (Fsp3) is 0.348. The van der Waals surface area contributed by atoms with Gasteiger partial charge in [0.1, 0.15) is 17.2 Å². The number of ether oxygens (including phenoxy) is 3. The van der Waals surface area contributed by atoms with Crippen molar-refractivity contribution in [3.05, 3.63) is 47.5 Å². The summed E-state index contributed by atoms with van der Waals surface area (Å²) < 4.78 is 15.8. The second-order valence-electron chi connectivity index (χ2n) is 6.77. The lowest BCUT2D eigenvalue weighted by atomic mass is 10.0. The maximum Gasteiger partial charge on any atom is 0.396 e. The average molecular weight is 429 g/mol. The van der Waals surface area contributed by atoms with Gasteiger partial charge in [-0.15, -0.1) is 0 Å². The van der Waals surface area contributed by atoms with Crippen molar-refractivity contribution in [1.29, 1.82) is 0 Å². The molecule has 0 aliphatic heterocycles. The van der Waals surface area contributed by atoms with E-state index in [4.69, 9.17) is 9.47 Å². The molecule has 0 saturated carbocycles. The first-order valence-electron chi connectivity index (χ1n) is 9.98. The van der Waals surface area contributed by atoms with Crippen molar-refractivity contribution < 1.29 is 33.7 Å². The summed E-state index contributed by atoms with van der Waals surface area (Å²) in [5, 5.41) is 12.8. The molecule has 2 N–H and O–H groups in total. The number of phenols is 1. The number of rotatable bonds is 10. The van der Waals surface area contributed by atoms with Crippen molar-refractivity contribution in [1.82, 2.24) is 0 Å². The van der Waals surface area contributed by atoms with Gasteiger partial charge in [-0.05, 0) is 37.6 Å². The van der Waals surface area contributed by atoms with Gasteiger partial charge >= 0.3 is 11.9 Å². The Balaban J connectivity index is 1.88. The van der Waals surface area contributed by atoms with E-state index in [1.54, 1.807) is 36.4 Å². The quantitative estimate of drug-likeness (QED) is 0.257. The number of nitrogens with one attached hydrogen (secondary N) is 1. The smallest absolute Gasteiger partial charge is 0.396 e. The summed E-state index contributed by atoms with van der Waals surface area (Å²) in [7, 11) is 1.13. The van der Waals surface area contributed by atoms with Crippen LogP contribution in [0.25, 0.3) is 0 Å². The topological polar surface area (TPSA) is 111 Å². The molecule has 2 rings (SSSR count). The number of aromatic hydroxyl groups is 1. The van der Waals surface area contributed by atoms with Crippen molar-refractivity contribution in [3.8, 4) is 17.2 Å². The van der Waals surface area contributed by atoms with E-state index < -0.39 is 11.9 Å². The van der Waals surface area contributed by atoms with Crippen molar-refractivity contribution in [2.45, 2.75) is 33.1 Å². The minimum Gasteiger partial charge on any atom is -0.507 e. The molecule has 2 aromatic carbocycles. The van der Waals surface area contributed by atoms with E-state index in [0.29, 0.717) is 54.4 Å². The molecule has 0 fully saturated rings. The van der Waals surface area contributed by atoms with E-state index in [2.05, 4.69) is 10.1 Å². The summed E-state index contributed by atoms with van der Waals surface area (Å²) in [4.78, 5) is 34.4. The maximum absolute atomic E-state index is 11.6. The van der Waals surface area contributed by atoms with Crippen LogP contribution in [0.4, 0.5) is 5.69 Å². The van der Waals surface area contributed by atoms with E-state index in [9.17, 15) is 19.5 Å². The lowest BCUT2D eigenvalue weighted by Gasteiger charge is -2.15. The first-order valence-corrected chi connectivity index (χ1v) is 9.98. The normalized spacial score (nSPS) is 10.3.